The van der Waals surface area contributed by atoms with E-state index >= 15 is 0 Å². The molecule has 0 radical (unpaired) electrons. The summed E-state index contributed by atoms with van der Waals surface area (Å²) in [5.74, 6) is 3.90. The second kappa shape index (κ2) is 3.50. The van der Waals surface area contributed by atoms with Gasteiger partial charge in [0.05, 0.1) is 6.04 Å². The molecule has 4 saturated carbocycles. The van der Waals surface area contributed by atoms with Gasteiger partial charge in [-0.15, -0.1) is 0 Å². The molecule has 4 aliphatic carbocycles. The van der Waals surface area contributed by atoms with E-state index in [2.05, 4.69) is 40.1 Å². The van der Waals surface area contributed by atoms with Crippen molar-refractivity contribution in [3.8, 4) is 0 Å². The van der Waals surface area contributed by atoms with E-state index in [1.165, 1.54) is 25.7 Å². The van der Waals surface area contributed by atoms with Gasteiger partial charge < -0.3 is 5.32 Å². The zero-order valence-corrected chi connectivity index (χ0v) is 12.0. The average Bonchev–Trinajstić information content (AvgIpc) is 2.43. The third kappa shape index (κ3) is 1.47. The second-order valence-corrected chi connectivity index (χ2v) is 8.15. The summed E-state index contributed by atoms with van der Waals surface area (Å²) in [5.41, 5.74) is 1.23. The lowest BCUT2D eigenvalue weighted by molar-refractivity contribution is -0.659. The van der Waals surface area contributed by atoms with Crippen molar-refractivity contribution >= 4 is 0 Å². The maximum atomic E-state index is 4.10. The van der Waals surface area contributed by atoms with Gasteiger partial charge in [-0.25, -0.2) is 0 Å². The van der Waals surface area contributed by atoms with E-state index in [1.807, 2.05) is 0 Å². The largest absolute Gasteiger partial charge is 0.476 e. The van der Waals surface area contributed by atoms with Gasteiger partial charge in [-0.1, -0.05) is 27.7 Å². The normalized spacial score (nSPS) is 56.8. The average molecular weight is 235 g/mol. The second-order valence-electron chi connectivity index (χ2n) is 8.15. The van der Waals surface area contributed by atoms with Crippen molar-refractivity contribution in [1.29, 1.82) is 0 Å². The molecule has 4 aliphatic rings. The summed E-state index contributed by atoms with van der Waals surface area (Å²) in [7, 11) is 4.10. The number of rotatable bonds is 2. The summed E-state index contributed by atoms with van der Waals surface area (Å²) in [5, 5.41) is 2.26. The number of hydrogen-bond acceptors (Lipinski definition) is 0. The Balaban J connectivity index is 1.94. The Kier molecular flexibility index (Phi) is 2.47. The Morgan fingerprint density at radius 2 is 1.88 bits per heavy atom. The van der Waals surface area contributed by atoms with Crippen LogP contribution in [0.2, 0.25) is 0 Å². The first-order valence-electron chi connectivity index (χ1n) is 7.52. The molecule has 4 rings (SSSR count). The molecule has 98 valence electrons. The van der Waals surface area contributed by atoms with E-state index in [1.54, 1.807) is 0 Å². The number of nitrogens with two attached hydrogens (primary N) is 1. The summed E-state index contributed by atoms with van der Waals surface area (Å²) < 4.78 is 0. The molecule has 0 amide bonds. The van der Waals surface area contributed by atoms with E-state index in [4.69, 9.17) is 0 Å². The Morgan fingerprint density at radius 3 is 2.41 bits per heavy atom. The Bertz CT molecular complexity index is 323. The van der Waals surface area contributed by atoms with Gasteiger partial charge in [-0.2, -0.15) is 7.05 Å². The van der Waals surface area contributed by atoms with Crippen LogP contribution in [0, 0.1) is 41.5 Å². The highest BCUT2D eigenvalue weighted by Crippen LogP contribution is 2.69. The highest BCUT2D eigenvalue weighted by molar-refractivity contribution is 5.13. The Labute approximate surface area is 107 Å². The van der Waals surface area contributed by atoms with Crippen molar-refractivity contribution in [2.24, 2.45) is 34.5 Å². The third-order valence-electron chi connectivity index (χ3n) is 6.72. The first-order valence-corrected chi connectivity index (χ1v) is 7.52. The van der Waals surface area contributed by atoms with Crippen molar-refractivity contribution in [2.75, 3.05) is 0 Å². The van der Waals surface area contributed by atoms with Gasteiger partial charge in [0.1, 0.15) is 0 Å². The fourth-order valence-electron chi connectivity index (χ4n) is 6.10. The Hall–Kier alpha value is -0.0400. The predicted molar refractivity (Wildman–Crippen MR) is 71.1 cm³/mol. The fourth-order valence-corrected chi connectivity index (χ4v) is 6.10. The zero-order chi connectivity index (χ0) is 12.4. The van der Waals surface area contributed by atoms with E-state index < -0.39 is 0 Å². The SMILES string of the molecule is [CH2-][NH2+][C@H]1C[C@@H]2C3CC1(C)CC2(C)CC3C(C)C. The van der Waals surface area contributed by atoms with Crippen molar-refractivity contribution in [3.63, 3.8) is 0 Å². The molecule has 0 aromatic carbocycles. The molecule has 1 nitrogen and oxygen atoms in total. The lowest BCUT2D eigenvalue weighted by Crippen LogP contribution is -2.89. The van der Waals surface area contributed by atoms with E-state index in [-0.39, 0.29) is 0 Å². The summed E-state index contributed by atoms with van der Waals surface area (Å²) in [6, 6.07) is 0.794. The molecule has 17 heavy (non-hydrogen) atoms. The zero-order valence-electron chi connectivity index (χ0n) is 12.0. The maximum absolute atomic E-state index is 4.10. The number of hydrogen-bond donors (Lipinski definition) is 1. The van der Waals surface area contributed by atoms with E-state index in [9.17, 15) is 0 Å². The van der Waals surface area contributed by atoms with Crippen molar-refractivity contribution in [2.45, 2.75) is 59.4 Å². The lowest BCUT2D eigenvalue weighted by Gasteiger charge is -2.57. The van der Waals surface area contributed by atoms with Crippen LogP contribution < -0.4 is 5.32 Å². The summed E-state index contributed by atoms with van der Waals surface area (Å²) in [6.45, 7) is 10.0. The third-order valence-corrected chi connectivity index (χ3v) is 6.72. The van der Waals surface area contributed by atoms with Gasteiger partial charge in [0.25, 0.3) is 0 Å². The number of fused-ring (bicyclic) bond motifs is 1. The molecule has 0 spiro atoms. The van der Waals surface area contributed by atoms with Crippen LogP contribution in [0.1, 0.15) is 53.4 Å². The lowest BCUT2D eigenvalue weighted by atomic mass is 9.49. The van der Waals surface area contributed by atoms with E-state index in [0.717, 1.165) is 29.7 Å². The topological polar surface area (TPSA) is 16.6 Å². The minimum Gasteiger partial charge on any atom is -0.476 e. The molecular formula is C16H29N. The molecule has 1 heteroatoms. The van der Waals surface area contributed by atoms with Crippen molar-refractivity contribution in [3.05, 3.63) is 7.05 Å². The van der Waals surface area contributed by atoms with Crippen molar-refractivity contribution < 1.29 is 5.32 Å². The number of quaternary nitrogens is 1. The van der Waals surface area contributed by atoms with Gasteiger partial charge in [-0.05, 0) is 48.3 Å². The Morgan fingerprint density at radius 1 is 1.18 bits per heavy atom. The van der Waals surface area contributed by atoms with Crippen LogP contribution in [-0.2, 0) is 0 Å². The van der Waals surface area contributed by atoms with Crippen molar-refractivity contribution in [1.82, 2.24) is 0 Å². The van der Waals surface area contributed by atoms with Gasteiger partial charge in [0.2, 0.25) is 0 Å². The highest BCUT2D eigenvalue weighted by Gasteiger charge is 2.64. The maximum Gasteiger partial charge on any atom is 0.0677 e. The highest BCUT2D eigenvalue weighted by atomic mass is 14.9. The molecule has 0 aromatic rings. The van der Waals surface area contributed by atoms with Crippen LogP contribution in [0.3, 0.4) is 0 Å². The molecule has 4 unspecified atom stereocenters. The smallest absolute Gasteiger partial charge is 0.0677 e. The summed E-state index contributed by atoms with van der Waals surface area (Å²) in [6.07, 6.45) is 5.87. The molecule has 0 aromatic heterocycles. The molecule has 0 saturated heterocycles. The summed E-state index contributed by atoms with van der Waals surface area (Å²) in [4.78, 5) is 0. The molecule has 2 N–H and O–H groups in total. The molecular weight excluding hydrogens is 206 g/mol. The van der Waals surface area contributed by atoms with E-state index in [0.29, 0.717) is 10.8 Å². The van der Waals surface area contributed by atoms with Crippen LogP contribution in [-0.4, -0.2) is 6.04 Å². The molecule has 4 fully saturated rings. The molecule has 0 aliphatic heterocycles. The first-order chi connectivity index (χ1) is 7.89. The predicted octanol–water partition coefficient (Wildman–Crippen LogP) is 2.83. The molecule has 0 heterocycles. The van der Waals surface area contributed by atoms with Crippen LogP contribution >= 0.6 is 0 Å². The fraction of sp³-hybridized carbons (Fsp3) is 0.938. The minimum atomic E-state index is 0.569. The molecule has 4 bridgehead atoms. The standard InChI is InChI=1S/C16H29N/c1-10(2)11-7-15(3)9-16(4)8-12(11)13(15)6-14(16)17-5/h10-14H,5-9,17H2,1-4H3/t11?,12?,13-,14+,15?,16?/m1/s1. The minimum absolute atomic E-state index is 0.569. The van der Waals surface area contributed by atoms with Crippen LogP contribution in [0.25, 0.3) is 0 Å². The van der Waals surface area contributed by atoms with Gasteiger partial charge >= 0.3 is 0 Å². The van der Waals surface area contributed by atoms with Crippen LogP contribution in [0.5, 0.6) is 0 Å². The van der Waals surface area contributed by atoms with Gasteiger partial charge in [0, 0.05) is 11.8 Å². The van der Waals surface area contributed by atoms with Gasteiger partial charge in [-0.3, -0.25) is 0 Å². The quantitative estimate of drug-likeness (QED) is 0.709. The summed E-state index contributed by atoms with van der Waals surface area (Å²) >= 11 is 0. The van der Waals surface area contributed by atoms with Crippen LogP contribution in [0.15, 0.2) is 0 Å². The van der Waals surface area contributed by atoms with Gasteiger partial charge in [0.15, 0.2) is 0 Å². The first kappa shape index (κ1) is 12.0. The molecule has 6 atom stereocenters. The van der Waals surface area contributed by atoms with Crippen LogP contribution in [0.4, 0.5) is 0 Å². The monoisotopic (exact) mass is 235 g/mol.